The molecule has 2 aliphatic rings. The Morgan fingerprint density at radius 2 is 1.92 bits per heavy atom. The summed E-state index contributed by atoms with van der Waals surface area (Å²) >= 11 is 0. The van der Waals surface area contributed by atoms with Gasteiger partial charge in [-0.05, 0) is 31.9 Å². The third-order valence-corrected chi connectivity index (χ3v) is 4.90. The Labute approximate surface area is 147 Å². The molecule has 0 N–H and O–H groups in total. The number of anilines is 1. The van der Waals surface area contributed by atoms with Crippen molar-refractivity contribution in [1.29, 1.82) is 0 Å². The van der Waals surface area contributed by atoms with Gasteiger partial charge >= 0.3 is 0 Å². The van der Waals surface area contributed by atoms with Crippen molar-refractivity contribution >= 4 is 23.3 Å². The van der Waals surface area contributed by atoms with Crippen molar-refractivity contribution < 1.29 is 9.59 Å². The van der Waals surface area contributed by atoms with Crippen LogP contribution in [0.25, 0.3) is 0 Å². The number of hydrogen-bond donors (Lipinski definition) is 0. The molecule has 8 heteroatoms. The predicted octanol–water partition coefficient (Wildman–Crippen LogP) is 0.820. The molecule has 0 spiro atoms. The molecule has 0 atom stereocenters. The first-order valence-corrected chi connectivity index (χ1v) is 8.62. The molecule has 1 saturated heterocycles. The number of aromatic nitrogens is 2. The van der Waals surface area contributed by atoms with Crippen LogP contribution in [-0.4, -0.2) is 70.9 Å². The van der Waals surface area contributed by atoms with E-state index in [4.69, 9.17) is 0 Å². The van der Waals surface area contributed by atoms with Crippen LogP contribution in [0.2, 0.25) is 0 Å². The summed E-state index contributed by atoms with van der Waals surface area (Å²) in [4.78, 5) is 28.1. The van der Waals surface area contributed by atoms with Crippen LogP contribution in [0.15, 0.2) is 17.2 Å². The van der Waals surface area contributed by atoms with E-state index in [1.807, 2.05) is 31.0 Å². The van der Waals surface area contributed by atoms with Crippen molar-refractivity contribution in [1.82, 2.24) is 20.1 Å². The second-order valence-electron chi connectivity index (χ2n) is 6.63. The monoisotopic (exact) mass is 344 g/mol. The maximum Gasteiger partial charge on any atom is 0.270 e. The van der Waals surface area contributed by atoms with Gasteiger partial charge in [-0.2, -0.15) is 10.2 Å². The molecule has 3 rings (SSSR count). The van der Waals surface area contributed by atoms with E-state index >= 15 is 0 Å². The van der Waals surface area contributed by atoms with E-state index in [-0.39, 0.29) is 11.8 Å². The number of carbonyl (C=O) groups excluding carboxylic acids is 2. The summed E-state index contributed by atoms with van der Waals surface area (Å²) in [5, 5.41) is 13.7. The zero-order valence-corrected chi connectivity index (χ0v) is 15.0. The first-order chi connectivity index (χ1) is 12.0. The van der Waals surface area contributed by atoms with Gasteiger partial charge in [-0.1, -0.05) is 0 Å². The van der Waals surface area contributed by atoms with Crippen molar-refractivity contribution in [2.45, 2.75) is 38.6 Å². The van der Waals surface area contributed by atoms with Crippen LogP contribution in [0.5, 0.6) is 0 Å². The first-order valence-electron chi connectivity index (χ1n) is 8.62. The van der Waals surface area contributed by atoms with Crippen molar-refractivity contribution in [3.05, 3.63) is 17.8 Å². The number of hydrogen-bond acceptors (Lipinski definition) is 6. The highest BCUT2D eigenvalue weighted by Crippen LogP contribution is 2.21. The molecule has 25 heavy (non-hydrogen) atoms. The molecule has 0 aliphatic carbocycles. The van der Waals surface area contributed by atoms with Crippen molar-refractivity contribution in [3.63, 3.8) is 0 Å². The fourth-order valence-electron chi connectivity index (χ4n) is 3.23. The second kappa shape index (κ2) is 7.16. The maximum absolute atomic E-state index is 12.6. The quantitative estimate of drug-likeness (QED) is 0.811. The van der Waals surface area contributed by atoms with Crippen LogP contribution in [0, 0.1) is 6.92 Å². The van der Waals surface area contributed by atoms with E-state index in [0.29, 0.717) is 37.7 Å². The number of rotatable bonds is 3. The molecule has 1 aromatic heterocycles. The van der Waals surface area contributed by atoms with Crippen molar-refractivity contribution in [2.24, 2.45) is 5.10 Å². The molecule has 0 saturated carbocycles. The molecule has 0 aromatic carbocycles. The Morgan fingerprint density at radius 1 is 1.20 bits per heavy atom. The third kappa shape index (κ3) is 3.78. The number of nitrogens with zero attached hydrogens (tertiary/aromatic N) is 6. The summed E-state index contributed by atoms with van der Waals surface area (Å²) in [7, 11) is 3.62. The Balaban J connectivity index is 1.58. The molecule has 0 radical (unpaired) electrons. The molecule has 1 fully saturated rings. The van der Waals surface area contributed by atoms with Crippen molar-refractivity contribution in [2.75, 3.05) is 32.1 Å². The smallest absolute Gasteiger partial charge is 0.270 e. The lowest BCUT2D eigenvalue weighted by molar-refractivity contribution is -0.130. The number of aryl methyl sites for hydroxylation is 1. The zero-order valence-electron chi connectivity index (χ0n) is 15.0. The SMILES string of the molecule is Cc1ccc(N(C)C2CCN(C(=O)C3=NN(C)C(=O)CC3)CC2)nn1. The predicted molar refractivity (Wildman–Crippen MR) is 94.2 cm³/mol. The number of likely N-dealkylation sites (tertiary alicyclic amines) is 1. The highest BCUT2D eigenvalue weighted by atomic mass is 16.2. The van der Waals surface area contributed by atoms with Gasteiger partial charge in [0.2, 0.25) is 5.91 Å². The summed E-state index contributed by atoms with van der Waals surface area (Å²) in [6.07, 6.45) is 2.53. The first kappa shape index (κ1) is 17.3. The molecular formula is C17H24N6O2. The van der Waals surface area contributed by atoms with Gasteiger partial charge in [0.05, 0.1) is 5.69 Å². The van der Waals surface area contributed by atoms with E-state index in [9.17, 15) is 9.59 Å². The lowest BCUT2D eigenvalue weighted by atomic mass is 10.0. The Hall–Kier alpha value is -2.51. The van der Waals surface area contributed by atoms with E-state index < -0.39 is 0 Å². The van der Waals surface area contributed by atoms with Gasteiger partial charge in [0.25, 0.3) is 5.91 Å². The molecule has 0 bridgehead atoms. The van der Waals surface area contributed by atoms with Crippen LogP contribution in [0.3, 0.4) is 0 Å². The zero-order chi connectivity index (χ0) is 18.0. The summed E-state index contributed by atoms with van der Waals surface area (Å²) < 4.78 is 0. The number of amides is 2. The molecule has 1 aromatic rings. The van der Waals surface area contributed by atoms with Gasteiger partial charge < -0.3 is 9.80 Å². The van der Waals surface area contributed by atoms with Gasteiger partial charge in [-0.3, -0.25) is 9.59 Å². The highest BCUT2D eigenvalue weighted by molar-refractivity contribution is 6.39. The standard InChI is InChI=1S/C17H24N6O2/c1-12-4-6-15(19-18-12)21(2)13-8-10-23(11-9-13)17(25)14-5-7-16(24)22(3)20-14/h4,6,13H,5,7-11H2,1-3H3. The Kier molecular flexibility index (Phi) is 4.96. The van der Waals surface area contributed by atoms with Crippen molar-refractivity contribution in [3.8, 4) is 0 Å². The van der Waals surface area contributed by atoms with E-state index in [2.05, 4.69) is 20.2 Å². The molecular weight excluding hydrogens is 320 g/mol. The molecule has 2 amide bonds. The fourth-order valence-corrected chi connectivity index (χ4v) is 3.23. The highest BCUT2D eigenvalue weighted by Gasteiger charge is 2.30. The van der Waals surface area contributed by atoms with Gasteiger partial charge in [0, 0.05) is 46.1 Å². The van der Waals surface area contributed by atoms with Crippen LogP contribution in [0.4, 0.5) is 5.82 Å². The number of carbonyl (C=O) groups is 2. The lowest BCUT2D eigenvalue weighted by Crippen LogP contribution is -2.48. The number of hydrazone groups is 1. The Bertz CT molecular complexity index is 679. The molecule has 3 heterocycles. The molecule has 8 nitrogen and oxygen atoms in total. The van der Waals surface area contributed by atoms with Crippen LogP contribution < -0.4 is 4.90 Å². The summed E-state index contributed by atoms with van der Waals surface area (Å²) in [5.41, 5.74) is 1.38. The summed E-state index contributed by atoms with van der Waals surface area (Å²) in [6.45, 7) is 3.29. The molecule has 2 aliphatic heterocycles. The van der Waals surface area contributed by atoms with E-state index in [1.54, 1.807) is 7.05 Å². The molecule has 134 valence electrons. The number of piperidine rings is 1. The van der Waals surface area contributed by atoms with Gasteiger partial charge in [-0.15, -0.1) is 5.10 Å². The van der Waals surface area contributed by atoms with Crippen LogP contribution in [0.1, 0.15) is 31.4 Å². The minimum atomic E-state index is -0.0458. The summed E-state index contributed by atoms with van der Waals surface area (Å²) in [6, 6.07) is 4.26. The van der Waals surface area contributed by atoms with Gasteiger partial charge in [0.1, 0.15) is 5.71 Å². The normalized spacial score (nSPS) is 19.0. The third-order valence-electron chi connectivity index (χ3n) is 4.90. The van der Waals surface area contributed by atoms with Gasteiger partial charge in [0.15, 0.2) is 5.82 Å². The average Bonchev–Trinajstić information content (AvgIpc) is 2.63. The minimum absolute atomic E-state index is 0.0453. The fraction of sp³-hybridized carbons (Fsp3) is 0.588. The largest absolute Gasteiger partial charge is 0.355 e. The lowest BCUT2D eigenvalue weighted by Gasteiger charge is -2.37. The van der Waals surface area contributed by atoms with Gasteiger partial charge in [-0.25, -0.2) is 5.01 Å². The van der Waals surface area contributed by atoms with E-state index in [1.165, 1.54) is 5.01 Å². The topological polar surface area (TPSA) is 82.0 Å². The molecule has 0 unspecified atom stereocenters. The maximum atomic E-state index is 12.6. The second-order valence-corrected chi connectivity index (χ2v) is 6.63. The summed E-state index contributed by atoms with van der Waals surface area (Å²) in [5.74, 6) is 0.763. The Morgan fingerprint density at radius 3 is 2.52 bits per heavy atom. The van der Waals surface area contributed by atoms with E-state index in [0.717, 1.165) is 24.4 Å². The average molecular weight is 344 g/mol. The van der Waals surface area contributed by atoms with Crippen LogP contribution >= 0.6 is 0 Å². The van der Waals surface area contributed by atoms with Crippen LogP contribution in [-0.2, 0) is 9.59 Å². The minimum Gasteiger partial charge on any atom is -0.355 e.